The Morgan fingerprint density at radius 1 is 1.14 bits per heavy atom. The summed E-state index contributed by atoms with van der Waals surface area (Å²) in [5, 5.41) is 7.37. The fourth-order valence-corrected chi connectivity index (χ4v) is 3.56. The van der Waals surface area contributed by atoms with Crippen LogP contribution in [-0.4, -0.2) is 28.2 Å². The van der Waals surface area contributed by atoms with Crippen molar-refractivity contribution in [3.05, 3.63) is 58.9 Å². The minimum absolute atomic E-state index is 0.451. The van der Waals surface area contributed by atoms with Gasteiger partial charge < -0.3 is 20.0 Å². The largest absolute Gasteiger partial charge is 0.459 e. The van der Waals surface area contributed by atoms with E-state index in [-0.39, 0.29) is 0 Å². The number of thiocarbonyl (C=S) groups is 1. The number of nitrogens with one attached hydrogen (secondary N) is 2. The number of furan rings is 1. The molecule has 0 saturated carbocycles. The fraction of sp³-hybridized carbons (Fsp3) is 0.286. The predicted octanol–water partition coefficient (Wildman–Crippen LogP) is 4.79. The fourth-order valence-electron chi connectivity index (χ4n) is 3.27. The maximum Gasteiger partial charge on any atom is 0.231 e. The van der Waals surface area contributed by atoms with Gasteiger partial charge in [-0.2, -0.15) is 4.98 Å². The predicted molar refractivity (Wildman–Crippen MR) is 120 cm³/mol. The monoisotopic (exact) mass is 427 g/mol. The highest BCUT2D eigenvalue weighted by Gasteiger charge is 2.15. The Morgan fingerprint density at radius 3 is 2.66 bits per heavy atom. The maximum absolute atomic E-state index is 5.94. The number of nitrogens with zero attached hydrogens (tertiary/aromatic N) is 3. The van der Waals surface area contributed by atoms with E-state index in [1.54, 1.807) is 0 Å². The molecule has 8 heteroatoms. The zero-order valence-corrected chi connectivity index (χ0v) is 17.7. The third kappa shape index (κ3) is 5.05. The Labute approximate surface area is 180 Å². The highest BCUT2D eigenvalue weighted by atomic mass is 35.5. The lowest BCUT2D eigenvalue weighted by molar-refractivity contribution is 0.516. The summed E-state index contributed by atoms with van der Waals surface area (Å²) in [7, 11) is 0. The molecule has 1 fully saturated rings. The molecule has 0 amide bonds. The molecule has 0 aliphatic carbocycles. The van der Waals surface area contributed by atoms with E-state index < -0.39 is 0 Å². The van der Waals surface area contributed by atoms with Gasteiger partial charge in [0.25, 0.3) is 0 Å². The second-order valence-electron chi connectivity index (χ2n) is 6.97. The van der Waals surface area contributed by atoms with E-state index in [4.69, 9.17) is 28.2 Å². The average Bonchev–Trinajstić information content (AvgIpc) is 3.39. The smallest absolute Gasteiger partial charge is 0.231 e. The zero-order valence-electron chi connectivity index (χ0n) is 16.1. The first kappa shape index (κ1) is 19.7. The van der Waals surface area contributed by atoms with Gasteiger partial charge in [0, 0.05) is 35.4 Å². The molecule has 0 atom stereocenters. The summed E-state index contributed by atoms with van der Waals surface area (Å²) in [4.78, 5) is 11.3. The van der Waals surface area contributed by atoms with Gasteiger partial charge in [-0.3, -0.25) is 0 Å². The highest BCUT2D eigenvalue weighted by Crippen LogP contribution is 2.24. The van der Waals surface area contributed by atoms with E-state index in [2.05, 4.69) is 25.5 Å². The molecule has 1 aromatic carbocycles. The molecule has 0 spiro atoms. The summed E-state index contributed by atoms with van der Waals surface area (Å²) in [5.74, 6) is 3.02. The first-order chi connectivity index (χ1) is 14.1. The minimum Gasteiger partial charge on any atom is -0.459 e. The quantitative estimate of drug-likeness (QED) is 0.567. The van der Waals surface area contributed by atoms with Crippen LogP contribution >= 0.6 is 23.8 Å². The third-order valence-corrected chi connectivity index (χ3v) is 5.21. The molecule has 3 heterocycles. The van der Waals surface area contributed by atoms with Crippen LogP contribution in [0.4, 0.5) is 11.8 Å². The van der Waals surface area contributed by atoms with Gasteiger partial charge in [-0.1, -0.05) is 11.6 Å². The second-order valence-corrected chi connectivity index (χ2v) is 7.81. The summed E-state index contributed by atoms with van der Waals surface area (Å²) in [6, 6.07) is 13.4. The van der Waals surface area contributed by atoms with Crippen LogP contribution in [0.25, 0.3) is 11.3 Å². The Hall–Kier alpha value is -2.64. The maximum atomic E-state index is 5.94. The van der Waals surface area contributed by atoms with Crippen molar-refractivity contribution in [1.29, 1.82) is 0 Å². The third-order valence-electron chi connectivity index (χ3n) is 4.71. The molecular weight excluding hydrogens is 406 g/mol. The molecule has 29 heavy (non-hydrogen) atoms. The Morgan fingerprint density at radius 2 is 1.90 bits per heavy atom. The van der Waals surface area contributed by atoms with Crippen LogP contribution in [0.1, 0.15) is 24.3 Å². The minimum atomic E-state index is 0.451. The molecule has 6 nitrogen and oxygen atoms in total. The van der Waals surface area contributed by atoms with Gasteiger partial charge in [0.2, 0.25) is 5.95 Å². The Balaban J connectivity index is 1.35. The molecule has 1 aliphatic heterocycles. The van der Waals surface area contributed by atoms with Gasteiger partial charge in [-0.05, 0) is 68.4 Å². The first-order valence-corrected chi connectivity index (χ1v) is 10.4. The van der Waals surface area contributed by atoms with Crippen molar-refractivity contribution in [2.45, 2.75) is 26.3 Å². The van der Waals surface area contributed by atoms with Crippen LogP contribution in [0.15, 0.2) is 46.9 Å². The lowest BCUT2D eigenvalue weighted by atomic mass is 10.2. The summed E-state index contributed by atoms with van der Waals surface area (Å²) in [6.07, 6.45) is 2.40. The molecule has 2 N–H and O–H groups in total. The van der Waals surface area contributed by atoms with Gasteiger partial charge in [-0.25, -0.2) is 4.98 Å². The van der Waals surface area contributed by atoms with E-state index in [0.717, 1.165) is 41.7 Å². The normalized spacial score (nSPS) is 13.5. The van der Waals surface area contributed by atoms with Crippen molar-refractivity contribution in [2.75, 3.05) is 23.3 Å². The van der Waals surface area contributed by atoms with E-state index in [0.29, 0.717) is 22.6 Å². The Kier molecular flexibility index (Phi) is 5.97. The Bertz CT molecular complexity index is 999. The van der Waals surface area contributed by atoms with Crippen molar-refractivity contribution in [3.63, 3.8) is 0 Å². The van der Waals surface area contributed by atoms with Crippen molar-refractivity contribution in [2.24, 2.45) is 0 Å². The molecule has 4 rings (SSSR count). The number of aryl methyl sites for hydroxylation is 1. The number of rotatable bonds is 5. The van der Waals surface area contributed by atoms with Crippen LogP contribution in [0, 0.1) is 6.92 Å². The molecule has 0 unspecified atom stereocenters. The highest BCUT2D eigenvalue weighted by molar-refractivity contribution is 7.80. The second kappa shape index (κ2) is 8.80. The number of halogens is 1. The average molecular weight is 428 g/mol. The lowest BCUT2D eigenvalue weighted by Crippen LogP contribution is -2.29. The SMILES string of the molecule is Cc1cc(N2CCCC2)nc(NC(=S)NCc2ccc(-c3ccc(Cl)cc3)o2)n1. The van der Waals surface area contributed by atoms with Gasteiger partial charge >= 0.3 is 0 Å². The summed E-state index contributed by atoms with van der Waals surface area (Å²) in [6.45, 7) is 4.49. The van der Waals surface area contributed by atoms with E-state index in [1.807, 2.05) is 49.4 Å². The molecule has 2 aromatic heterocycles. The van der Waals surface area contributed by atoms with Crippen LogP contribution in [-0.2, 0) is 6.54 Å². The van der Waals surface area contributed by atoms with Crippen LogP contribution in [0.5, 0.6) is 0 Å². The molecule has 0 radical (unpaired) electrons. The molecule has 150 valence electrons. The van der Waals surface area contributed by atoms with Crippen molar-refractivity contribution < 1.29 is 4.42 Å². The molecule has 3 aromatic rings. The van der Waals surface area contributed by atoms with Gasteiger partial charge in [0.05, 0.1) is 6.54 Å². The summed E-state index contributed by atoms with van der Waals surface area (Å²) < 4.78 is 5.89. The van der Waals surface area contributed by atoms with Crippen LogP contribution in [0.2, 0.25) is 5.02 Å². The summed E-state index contributed by atoms with van der Waals surface area (Å²) >= 11 is 11.3. The first-order valence-electron chi connectivity index (χ1n) is 9.57. The van der Waals surface area contributed by atoms with Crippen molar-refractivity contribution in [3.8, 4) is 11.3 Å². The van der Waals surface area contributed by atoms with Crippen molar-refractivity contribution >= 4 is 40.7 Å². The van der Waals surface area contributed by atoms with E-state index in [1.165, 1.54) is 12.8 Å². The van der Waals surface area contributed by atoms with Crippen molar-refractivity contribution in [1.82, 2.24) is 15.3 Å². The molecule has 1 saturated heterocycles. The van der Waals surface area contributed by atoms with E-state index in [9.17, 15) is 0 Å². The van der Waals surface area contributed by atoms with Gasteiger partial charge in [0.15, 0.2) is 5.11 Å². The summed E-state index contributed by atoms with van der Waals surface area (Å²) in [5.41, 5.74) is 1.88. The topological polar surface area (TPSA) is 66.2 Å². The lowest BCUT2D eigenvalue weighted by Gasteiger charge is -2.18. The molecule has 0 bridgehead atoms. The van der Waals surface area contributed by atoms with Gasteiger partial charge in [-0.15, -0.1) is 0 Å². The number of hydrogen-bond acceptors (Lipinski definition) is 5. The standard InChI is InChI=1S/C21H22ClN5OS/c1-14-12-19(27-10-2-3-11-27)25-20(24-14)26-21(29)23-13-17-8-9-18(28-17)15-4-6-16(22)7-5-15/h4-9,12H,2-3,10-11,13H2,1H3,(H2,23,24,25,26,29). The van der Waals surface area contributed by atoms with Crippen LogP contribution < -0.4 is 15.5 Å². The van der Waals surface area contributed by atoms with E-state index >= 15 is 0 Å². The molecular formula is C21H22ClN5OS. The number of aromatic nitrogens is 2. The number of hydrogen-bond donors (Lipinski definition) is 2. The number of benzene rings is 1. The zero-order chi connectivity index (χ0) is 20.2. The van der Waals surface area contributed by atoms with Crippen LogP contribution in [0.3, 0.4) is 0 Å². The van der Waals surface area contributed by atoms with Gasteiger partial charge in [0.1, 0.15) is 17.3 Å². The number of anilines is 2. The molecule has 1 aliphatic rings.